The van der Waals surface area contributed by atoms with E-state index in [0.717, 1.165) is 5.82 Å². The summed E-state index contributed by atoms with van der Waals surface area (Å²) in [5.41, 5.74) is 2.60. The highest BCUT2D eigenvalue weighted by Gasteiger charge is 1.79. The highest BCUT2D eigenvalue weighted by molar-refractivity contribution is 5.37. The Balaban J connectivity index is 2.93. The summed E-state index contributed by atoms with van der Waals surface area (Å²) in [5, 5.41) is 0. The Morgan fingerprint density at radius 1 is 1.88 bits per heavy atom. The summed E-state index contributed by atoms with van der Waals surface area (Å²) in [6, 6.07) is 0. The fourth-order valence-electron chi connectivity index (χ4n) is 0.453. The predicted molar refractivity (Wildman–Crippen MR) is 32.2 cm³/mol. The molecule has 40 valence electrons. The van der Waals surface area contributed by atoms with Gasteiger partial charge in [0.2, 0.25) is 0 Å². The average molecular weight is 106 g/mol. The molecule has 0 radical (unpaired) electrons. The molecule has 1 rings (SSSR count). The molecule has 1 N–H and O–H groups in total. The first kappa shape index (κ1) is 4.88. The van der Waals surface area contributed by atoms with Gasteiger partial charge in [0.05, 0.1) is 0 Å². The third-order valence-corrected chi connectivity index (χ3v) is 0.758. The van der Waals surface area contributed by atoms with Crippen LogP contribution in [0, 0.1) is 0 Å². The zero-order chi connectivity index (χ0) is 5.82. The van der Waals surface area contributed by atoms with Crippen LogP contribution in [0.25, 0.3) is 6.08 Å². The van der Waals surface area contributed by atoms with Crippen LogP contribution in [0.4, 0.5) is 0 Å². The number of nitrogens with one attached hydrogen (secondary N) is 1. The summed E-state index contributed by atoms with van der Waals surface area (Å²) in [5.74, 6) is 0.792. The normalized spacial score (nSPS) is 8.00. The van der Waals surface area contributed by atoms with Gasteiger partial charge in [-0.05, 0) is 0 Å². The molecule has 0 aliphatic carbocycles. The second-order valence-corrected chi connectivity index (χ2v) is 1.32. The molecule has 0 spiro atoms. The number of nitrogens with zero attached hydrogens (tertiary/aromatic N) is 1. The summed E-state index contributed by atoms with van der Waals surface area (Å²) in [6.07, 6.45) is 5.12. The van der Waals surface area contributed by atoms with Gasteiger partial charge in [0.1, 0.15) is 5.82 Å². The number of aromatic amines is 1. The maximum Gasteiger partial charge on any atom is 0.137 e. The molecular formula is C6H6N2. The first-order chi connectivity index (χ1) is 3.93. The molecule has 0 fully saturated rings. The minimum atomic E-state index is 0.792. The number of aromatic nitrogens is 2. The topological polar surface area (TPSA) is 28.7 Å². The van der Waals surface area contributed by atoms with Gasteiger partial charge in [0.15, 0.2) is 0 Å². The van der Waals surface area contributed by atoms with E-state index in [9.17, 15) is 0 Å². The zero-order valence-electron chi connectivity index (χ0n) is 4.39. The smallest absolute Gasteiger partial charge is 0.137 e. The molecule has 0 bridgehead atoms. The molecule has 2 nitrogen and oxygen atoms in total. The van der Waals surface area contributed by atoms with E-state index in [1.807, 2.05) is 0 Å². The van der Waals surface area contributed by atoms with Crippen LogP contribution >= 0.6 is 0 Å². The van der Waals surface area contributed by atoms with Crippen molar-refractivity contribution in [3.8, 4) is 0 Å². The summed E-state index contributed by atoms with van der Waals surface area (Å²) in [6.45, 7) is 3.40. The average Bonchev–Trinajstić information content (AvgIpc) is 2.19. The van der Waals surface area contributed by atoms with Crippen molar-refractivity contribution in [2.24, 2.45) is 0 Å². The molecule has 1 aromatic rings. The lowest BCUT2D eigenvalue weighted by atomic mass is 10.6. The highest BCUT2D eigenvalue weighted by Crippen LogP contribution is 1.87. The van der Waals surface area contributed by atoms with Crippen molar-refractivity contribution in [2.75, 3.05) is 0 Å². The first-order valence-electron chi connectivity index (χ1n) is 2.28. The number of imidazole rings is 1. The molecule has 1 heterocycles. The third kappa shape index (κ3) is 0.863. The quantitative estimate of drug-likeness (QED) is 0.535. The van der Waals surface area contributed by atoms with Gasteiger partial charge >= 0.3 is 0 Å². The Bertz CT molecular complexity index is 192. The summed E-state index contributed by atoms with van der Waals surface area (Å²) in [4.78, 5) is 6.76. The van der Waals surface area contributed by atoms with E-state index < -0.39 is 0 Å². The fraction of sp³-hybridized carbons (Fsp3) is 0. The molecule has 2 heteroatoms. The monoisotopic (exact) mass is 106 g/mol. The molecule has 0 unspecified atom stereocenters. The number of rotatable bonds is 1. The van der Waals surface area contributed by atoms with Crippen LogP contribution in [-0.2, 0) is 0 Å². The maximum atomic E-state index is 3.89. The van der Waals surface area contributed by atoms with Crippen LogP contribution < -0.4 is 0 Å². The van der Waals surface area contributed by atoms with Crippen molar-refractivity contribution in [1.29, 1.82) is 0 Å². The number of H-pyrrole nitrogens is 1. The molecule has 0 atom stereocenters. The minimum Gasteiger partial charge on any atom is -0.345 e. The Morgan fingerprint density at radius 2 is 2.75 bits per heavy atom. The van der Waals surface area contributed by atoms with Crippen LogP contribution in [0.2, 0.25) is 0 Å². The molecule has 0 saturated carbocycles. The van der Waals surface area contributed by atoms with E-state index >= 15 is 0 Å². The zero-order valence-corrected chi connectivity index (χ0v) is 4.39. The van der Waals surface area contributed by atoms with Crippen molar-refractivity contribution in [3.05, 3.63) is 30.5 Å². The fourth-order valence-corrected chi connectivity index (χ4v) is 0.453. The van der Waals surface area contributed by atoms with E-state index in [0.29, 0.717) is 0 Å². The predicted octanol–water partition coefficient (Wildman–Crippen LogP) is 1.21. The van der Waals surface area contributed by atoms with Crippen LogP contribution in [-0.4, -0.2) is 9.97 Å². The number of hydrogen-bond donors (Lipinski definition) is 1. The second-order valence-electron chi connectivity index (χ2n) is 1.32. The van der Waals surface area contributed by atoms with Gasteiger partial charge in [-0.15, -0.1) is 5.73 Å². The van der Waals surface area contributed by atoms with Crippen LogP contribution in [0.3, 0.4) is 0 Å². The van der Waals surface area contributed by atoms with Crippen molar-refractivity contribution in [1.82, 2.24) is 9.97 Å². The van der Waals surface area contributed by atoms with Crippen LogP contribution in [0.5, 0.6) is 0 Å². The Morgan fingerprint density at radius 3 is 3.25 bits per heavy atom. The lowest BCUT2D eigenvalue weighted by Crippen LogP contribution is -1.68. The van der Waals surface area contributed by atoms with Gasteiger partial charge in [-0.2, -0.15) is 0 Å². The summed E-state index contributed by atoms with van der Waals surface area (Å²) < 4.78 is 0. The van der Waals surface area contributed by atoms with Crippen LogP contribution in [0.1, 0.15) is 5.82 Å². The van der Waals surface area contributed by atoms with Crippen molar-refractivity contribution in [2.45, 2.75) is 0 Å². The molecule has 0 saturated heterocycles. The summed E-state index contributed by atoms with van der Waals surface area (Å²) >= 11 is 0. The largest absolute Gasteiger partial charge is 0.345 e. The number of hydrogen-bond acceptors (Lipinski definition) is 1. The Labute approximate surface area is 47.6 Å². The van der Waals surface area contributed by atoms with E-state index in [2.05, 4.69) is 22.3 Å². The standard InChI is InChI=1S/C6H6N2/c1-2-3-6-7-4-5-8-6/h3-5H,1H2,(H,7,8). The SMILES string of the molecule is C=C=Cc1ncc[nH]1. The van der Waals surface area contributed by atoms with Gasteiger partial charge in [-0.3, -0.25) is 0 Å². The molecule has 0 amide bonds. The third-order valence-electron chi connectivity index (χ3n) is 0.758. The van der Waals surface area contributed by atoms with E-state index in [-0.39, 0.29) is 0 Å². The highest BCUT2D eigenvalue weighted by atomic mass is 14.9. The van der Waals surface area contributed by atoms with Crippen molar-refractivity contribution in [3.63, 3.8) is 0 Å². The van der Waals surface area contributed by atoms with Gasteiger partial charge in [-0.1, -0.05) is 6.58 Å². The second kappa shape index (κ2) is 2.15. The van der Waals surface area contributed by atoms with E-state index in [1.54, 1.807) is 18.5 Å². The van der Waals surface area contributed by atoms with Gasteiger partial charge in [-0.25, -0.2) is 4.98 Å². The first-order valence-corrected chi connectivity index (χ1v) is 2.28. The lowest BCUT2D eigenvalue weighted by molar-refractivity contribution is 1.27. The molecule has 0 aliphatic heterocycles. The molecule has 0 aromatic carbocycles. The van der Waals surface area contributed by atoms with Gasteiger partial charge in [0, 0.05) is 18.5 Å². The van der Waals surface area contributed by atoms with Crippen molar-refractivity contribution >= 4 is 6.08 Å². The van der Waals surface area contributed by atoms with Crippen LogP contribution in [0.15, 0.2) is 24.7 Å². The van der Waals surface area contributed by atoms with Gasteiger partial charge < -0.3 is 4.98 Å². The van der Waals surface area contributed by atoms with Gasteiger partial charge in [0.25, 0.3) is 0 Å². The molecule has 0 aliphatic rings. The summed E-state index contributed by atoms with van der Waals surface area (Å²) in [7, 11) is 0. The van der Waals surface area contributed by atoms with E-state index in [1.165, 1.54) is 0 Å². The van der Waals surface area contributed by atoms with E-state index in [4.69, 9.17) is 0 Å². The molecular weight excluding hydrogens is 100 g/mol. The minimum absolute atomic E-state index is 0.792. The maximum absolute atomic E-state index is 3.89. The Kier molecular flexibility index (Phi) is 1.31. The molecule has 8 heavy (non-hydrogen) atoms. The Hall–Kier alpha value is -1.27. The van der Waals surface area contributed by atoms with Crippen molar-refractivity contribution < 1.29 is 0 Å². The lowest BCUT2D eigenvalue weighted by Gasteiger charge is -1.73. The molecule has 1 aromatic heterocycles.